The third kappa shape index (κ3) is 8.77. The fourth-order valence-electron chi connectivity index (χ4n) is 1.17. The number of ether oxygens (including phenoxy) is 2. The van der Waals surface area contributed by atoms with Crippen LogP contribution in [0.1, 0.15) is 39.5 Å². The highest BCUT2D eigenvalue weighted by Gasteiger charge is 2.16. The van der Waals surface area contributed by atoms with Crippen LogP contribution in [0.25, 0.3) is 0 Å². The van der Waals surface area contributed by atoms with Crippen LogP contribution >= 0.6 is 0 Å². The summed E-state index contributed by atoms with van der Waals surface area (Å²) in [6, 6.07) is 0. The Kier molecular flexibility index (Phi) is 9.86. The molecule has 112 valence electrons. The zero-order valence-electron chi connectivity index (χ0n) is 12.5. The summed E-state index contributed by atoms with van der Waals surface area (Å²) >= 11 is 0. The van der Waals surface area contributed by atoms with E-state index >= 15 is 0 Å². The smallest absolute Gasteiger partial charge is 0.224 e. The van der Waals surface area contributed by atoms with E-state index in [1.54, 1.807) is 13.8 Å². The van der Waals surface area contributed by atoms with Gasteiger partial charge >= 0.3 is 0 Å². The van der Waals surface area contributed by atoms with E-state index in [-0.39, 0.29) is 24.8 Å². The molecule has 0 atom stereocenters. The summed E-state index contributed by atoms with van der Waals surface area (Å²) in [5, 5.41) is 0. The maximum Gasteiger partial charge on any atom is 0.224 e. The summed E-state index contributed by atoms with van der Waals surface area (Å²) in [4.78, 5) is 22.9. The maximum absolute atomic E-state index is 11.4. The Labute approximate surface area is 121 Å². The minimum Gasteiger partial charge on any atom is -0.337 e. The van der Waals surface area contributed by atoms with Crippen LogP contribution in [0, 0.1) is 13.2 Å². The van der Waals surface area contributed by atoms with Gasteiger partial charge in [-0.15, -0.1) is 0 Å². The Hall–Kier alpha value is -1.26. The summed E-state index contributed by atoms with van der Waals surface area (Å²) in [7, 11) is 0. The van der Waals surface area contributed by atoms with Crippen molar-refractivity contribution in [1.82, 2.24) is 0 Å². The van der Waals surface area contributed by atoms with Gasteiger partial charge in [-0.25, -0.2) is 0 Å². The van der Waals surface area contributed by atoms with E-state index in [1.807, 2.05) is 0 Å². The summed E-state index contributed by atoms with van der Waals surface area (Å²) in [5.41, 5.74) is 0.861. The molecule has 20 heavy (non-hydrogen) atoms. The predicted molar refractivity (Wildman–Crippen MR) is 78.6 cm³/mol. The van der Waals surface area contributed by atoms with Crippen molar-refractivity contribution >= 4 is 11.6 Å². The van der Waals surface area contributed by atoms with Crippen LogP contribution in [0.5, 0.6) is 0 Å². The summed E-state index contributed by atoms with van der Waals surface area (Å²) < 4.78 is 10.6. The van der Waals surface area contributed by atoms with E-state index in [1.165, 1.54) is 0 Å². The van der Waals surface area contributed by atoms with Gasteiger partial charge < -0.3 is 9.47 Å². The molecule has 0 unspecified atom stereocenters. The highest BCUT2D eigenvalue weighted by molar-refractivity contribution is 5.95. The fourth-order valence-corrected chi connectivity index (χ4v) is 1.17. The zero-order chi connectivity index (χ0) is 15.5. The minimum atomic E-state index is -0.186. The molecule has 0 aliphatic rings. The van der Waals surface area contributed by atoms with Crippen molar-refractivity contribution in [3.63, 3.8) is 0 Å². The first-order chi connectivity index (χ1) is 9.38. The van der Waals surface area contributed by atoms with Crippen molar-refractivity contribution in [3.8, 4) is 0 Å². The third-order valence-electron chi connectivity index (χ3n) is 2.56. The van der Waals surface area contributed by atoms with E-state index in [9.17, 15) is 9.59 Å². The molecular weight excluding hydrogens is 256 g/mol. The highest BCUT2D eigenvalue weighted by atomic mass is 16.7. The van der Waals surface area contributed by atoms with Gasteiger partial charge in [-0.05, 0) is 31.4 Å². The van der Waals surface area contributed by atoms with Crippen LogP contribution in [0.15, 0.2) is 24.3 Å². The molecule has 0 amide bonds. The molecule has 4 heteroatoms. The average Bonchev–Trinajstić information content (AvgIpc) is 2.40. The summed E-state index contributed by atoms with van der Waals surface area (Å²) in [6.07, 6.45) is 3.44. The lowest BCUT2D eigenvalue weighted by molar-refractivity contribution is -0.130. The van der Waals surface area contributed by atoms with Crippen LogP contribution in [0.3, 0.4) is 0 Å². The molecule has 0 bridgehead atoms. The number of carbonyl (C=O) groups is 2. The van der Waals surface area contributed by atoms with Gasteiger partial charge in [0.15, 0.2) is 11.6 Å². The molecule has 0 saturated carbocycles. The molecule has 0 N–H and O–H groups in total. The molecule has 0 rings (SSSR count). The highest BCUT2D eigenvalue weighted by Crippen LogP contribution is 2.16. The Bertz CT molecular complexity index is 327. The second kappa shape index (κ2) is 10.5. The van der Waals surface area contributed by atoms with Crippen LogP contribution in [-0.2, 0) is 19.1 Å². The molecule has 0 aliphatic carbocycles. The first-order valence-electron chi connectivity index (χ1n) is 6.66. The van der Waals surface area contributed by atoms with Crippen LogP contribution in [0.2, 0.25) is 0 Å². The first-order valence-corrected chi connectivity index (χ1v) is 6.66. The number of ketones is 2. The van der Waals surface area contributed by atoms with Gasteiger partial charge in [-0.1, -0.05) is 32.9 Å². The molecule has 0 saturated heterocycles. The second-order valence-corrected chi connectivity index (χ2v) is 4.67. The predicted octanol–water partition coefficient (Wildman–Crippen LogP) is 3.19. The molecule has 4 nitrogen and oxygen atoms in total. The number of hydrogen-bond donors (Lipinski definition) is 0. The first kappa shape index (κ1) is 18.7. The molecule has 0 spiro atoms. The van der Waals surface area contributed by atoms with Gasteiger partial charge in [0.25, 0.3) is 0 Å². The van der Waals surface area contributed by atoms with Crippen molar-refractivity contribution in [2.45, 2.75) is 39.5 Å². The van der Waals surface area contributed by atoms with Gasteiger partial charge in [-0.2, -0.15) is 0 Å². The molecule has 0 aliphatic heterocycles. The van der Waals surface area contributed by atoms with Gasteiger partial charge in [0, 0.05) is 6.42 Å². The molecule has 2 radical (unpaired) electrons. The Morgan fingerprint density at radius 2 is 1.35 bits per heavy atom. The summed E-state index contributed by atoms with van der Waals surface area (Å²) in [6.45, 7) is 13.9. The van der Waals surface area contributed by atoms with Crippen LogP contribution in [0.4, 0.5) is 0 Å². The van der Waals surface area contributed by atoms with Crippen molar-refractivity contribution in [3.05, 3.63) is 37.5 Å². The minimum absolute atomic E-state index is 0.115. The number of hydrogen-bond acceptors (Lipinski definition) is 4. The van der Waals surface area contributed by atoms with E-state index in [0.717, 1.165) is 19.3 Å². The Balaban J connectivity index is 4.25. The lowest BCUT2D eigenvalue weighted by Crippen LogP contribution is -2.19. The van der Waals surface area contributed by atoms with Crippen molar-refractivity contribution in [2.75, 3.05) is 13.2 Å². The topological polar surface area (TPSA) is 52.6 Å². The van der Waals surface area contributed by atoms with Gasteiger partial charge in [0.2, 0.25) is 6.29 Å². The van der Waals surface area contributed by atoms with Gasteiger partial charge in [0.1, 0.15) is 13.2 Å². The monoisotopic (exact) mass is 280 g/mol. The van der Waals surface area contributed by atoms with Crippen LogP contribution in [-0.4, -0.2) is 24.8 Å². The van der Waals surface area contributed by atoms with Gasteiger partial charge in [-0.3, -0.25) is 9.59 Å². The number of carbonyl (C=O) groups excluding carboxylic acids is 2. The van der Waals surface area contributed by atoms with E-state index in [2.05, 4.69) is 20.1 Å². The molecule has 0 heterocycles. The van der Waals surface area contributed by atoms with Crippen molar-refractivity contribution in [1.29, 1.82) is 0 Å². The Morgan fingerprint density at radius 3 is 1.70 bits per heavy atom. The van der Waals surface area contributed by atoms with E-state index < -0.39 is 0 Å². The molecule has 0 aromatic carbocycles. The lowest BCUT2D eigenvalue weighted by Gasteiger charge is -2.16. The van der Waals surface area contributed by atoms with E-state index in [4.69, 9.17) is 9.47 Å². The summed E-state index contributed by atoms with van der Waals surface area (Å²) in [5.74, 6) is -0.371. The second-order valence-electron chi connectivity index (χ2n) is 4.67. The average molecular weight is 280 g/mol. The lowest BCUT2D eigenvalue weighted by atomic mass is 10.2. The zero-order valence-corrected chi connectivity index (χ0v) is 12.5. The van der Waals surface area contributed by atoms with E-state index in [0.29, 0.717) is 23.9 Å². The maximum atomic E-state index is 11.4. The quantitative estimate of drug-likeness (QED) is 0.407. The normalized spacial score (nSPS) is 10.6. The van der Waals surface area contributed by atoms with Crippen LogP contribution < -0.4 is 0 Å². The number of rotatable bonds is 12. The standard InChI is InChI=1S/C16H24O4/c1-6-7-8-9-16(19-10-14(17)12(2)3)20-11-15(18)13(4)5/h1-2,4,6-11H2,3,5H3. The SMILES string of the molecule is [CH2]CCCC[C](OCC(=O)C(=C)C)OCC(=O)C(=C)C. The van der Waals surface area contributed by atoms with Crippen molar-refractivity contribution in [2.24, 2.45) is 0 Å². The third-order valence-corrected chi connectivity index (χ3v) is 2.56. The molecule has 0 aromatic heterocycles. The number of Topliss-reactive ketones (excluding diaryl/α,β-unsaturated/α-hetero) is 2. The Morgan fingerprint density at radius 1 is 0.900 bits per heavy atom. The number of unbranched alkanes of at least 4 members (excludes halogenated alkanes) is 2. The van der Waals surface area contributed by atoms with Gasteiger partial charge in [0.05, 0.1) is 0 Å². The molecule has 0 fully saturated rings. The molecule has 0 aromatic rings. The largest absolute Gasteiger partial charge is 0.337 e. The molecular formula is C16H24O4. The van der Waals surface area contributed by atoms with Crippen molar-refractivity contribution < 1.29 is 19.1 Å². The fraction of sp³-hybridized carbons (Fsp3) is 0.500.